The minimum Gasteiger partial charge on any atom is -0.496 e. The predicted octanol–water partition coefficient (Wildman–Crippen LogP) is 7.78. The molecule has 5 heteroatoms. The lowest BCUT2D eigenvalue weighted by atomic mass is 9.68. The SMILES string of the molecule is COc1cc2c3c(c4c(c2c2cccc(N5CCOCC5)c12)C=CCC4)CC(c1ccccc1)(c1ccc(N(C)C)cc1)CO3. The summed E-state index contributed by atoms with van der Waals surface area (Å²) in [4.78, 5) is 4.59. The Morgan fingerprint density at radius 2 is 1.60 bits per heavy atom. The molecule has 0 aromatic heterocycles. The zero-order valence-corrected chi connectivity index (χ0v) is 26.4. The van der Waals surface area contributed by atoms with E-state index in [2.05, 4.69) is 115 Å². The van der Waals surface area contributed by atoms with Crippen molar-refractivity contribution in [1.29, 1.82) is 0 Å². The zero-order chi connectivity index (χ0) is 30.5. The summed E-state index contributed by atoms with van der Waals surface area (Å²) in [7, 11) is 5.98. The normalized spacial score (nSPS) is 19.2. The molecule has 1 aliphatic carbocycles. The number of benzene rings is 5. The topological polar surface area (TPSA) is 34.2 Å². The Bertz CT molecular complexity index is 1920. The summed E-state index contributed by atoms with van der Waals surface area (Å²) in [6, 6.07) is 29.0. The average Bonchev–Trinajstić information content (AvgIpc) is 3.11. The first-order valence-corrected chi connectivity index (χ1v) is 16.2. The summed E-state index contributed by atoms with van der Waals surface area (Å²) in [5, 5.41) is 4.81. The molecule has 0 bridgehead atoms. The maximum atomic E-state index is 7.08. The molecule has 2 heterocycles. The molecule has 228 valence electrons. The lowest BCUT2D eigenvalue weighted by Crippen LogP contribution is -2.41. The number of hydrogen-bond acceptors (Lipinski definition) is 5. The number of allylic oxidation sites excluding steroid dienone is 1. The molecule has 0 spiro atoms. The molecule has 3 aliphatic rings. The fraction of sp³-hybridized carbons (Fsp3) is 0.300. The molecule has 0 N–H and O–H groups in total. The Balaban J connectivity index is 1.38. The van der Waals surface area contributed by atoms with Gasteiger partial charge in [0.1, 0.15) is 18.1 Å². The summed E-state index contributed by atoms with van der Waals surface area (Å²) in [5.41, 5.74) is 8.78. The Labute approximate surface area is 265 Å². The van der Waals surface area contributed by atoms with Crippen LogP contribution < -0.4 is 19.3 Å². The Morgan fingerprint density at radius 1 is 0.822 bits per heavy atom. The average molecular weight is 597 g/mol. The standard InChI is InChI=1S/C40H40N2O3/c1-41(2)29-18-16-28(17-19-29)40(27-10-5-4-6-11-27)25-34-30-12-7-8-13-31(30)37-32-14-9-15-35(42-20-22-44-23-21-42)38(32)36(43-3)24-33(37)39(34)45-26-40/h4-6,8-11,13-19,24H,7,12,20-23,25-26H2,1-3H3. The van der Waals surface area contributed by atoms with E-state index in [9.17, 15) is 0 Å². The molecule has 1 fully saturated rings. The van der Waals surface area contributed by atoms with E-state index in [4.69, 9.17) is 14.2 Å². The van der Waals surface area contributed by atoms with Crippen LogP contribution in [0.4, 0.5) is 11.4 Å². The van der Waals surface area contributed by atoms with Gasteiger partial charge in [0.2, 0.25) is 0 Å². The number of nitrogens with zero attached hydrogens (tertiary/aromatic N) is 2. The third-order valence-corrected chi connectivity index (χ3v) is 10.2. The van der Waals surface area contributed by atoms with Crippen molar-refractivity contribution in [2.24, 2.45) is 0 Å². The highest BCUT2D eigenvalue weighted by Gasteiger charge is 2.42. The highest BCUT2D eigenvalue weighted by molar-refractivity contribution is 6.19. The maximum Gasteiger partial charge on any atom is 0.130 e. The summed E-state index contributed by atoms with van der Waals surface area (Å²) >= 11 is 0. The van der Waals surface area contributed by atoms with Gasteiger partial charge in [0.15, 0.2) is 0 Å². The van der Waals surface area contributed by atoms with Crippen molar-refractivity contribution in [1.82, 2.24) is 0 Å². The van der Waals surface area contributed by atoms with Gasteiger partial charge in [-0.2, -0.15) is 0 Å². The lowest BCUT2D eigenvalue weighted by Gasteiger charge is -2.41. The van der Waals surface area contributed by atoms with E-state index in [1.807, 2.05) is 0 Å². The third kappa shape index (κ3) is 4.47. The Kier molecular flexibility index (Phi) is 6.94. The minimum atomic E-state index is -0.299. The molecule has 0 saturated carbocycles. The van der Waals surface area contributed by atoms with Crippen LogP contribution in [0.25, 0.3) is 27.6 Å². The van der Waals surface area contributed by atoms with Crippen LogP contribution in [0, 0.1) is 0 Å². The van der Waals surface area contributed by atoms with Crippen molar-refractivity contribution in [2.75, 3.05) is 63.9 Å². The summed E-state index contributed by atoms with van der Waals surface area (Å²) in [6.45, 7) is 3.81. The number of hydrogen-bond donors (Lipinski definition) is 0. The Hall–Kier alpha value is -4.48. The molecule has 2 aliphatic heterocycles. The molecule has 1 saturated heterocycles. The Morgan fingerprint density at radius 3 is 2.36 bits per heavy atom. The molecule has 45 heavy (non-hydrogen) atoms. The number of anilines is 2. The maximum absolute atomic E-state index is 7.08. The van der Waals surface area contributed by atoms with Crippen LogP contribution in [0.5, 0.6) is 11.5 Å². The third-order valence-electron chi connectivity index (χ3n) is 10.2. The van der Waals surface area contributed by atoms with Crippen LogP contribution in [0.3, 0.4) is 0 Å². The first kappa shape index (κ1) is 28.0. The molecule has 0 radical (unpaired) electrons. The van der Waals surface area contributed by atoms with Crippen LogP contribution in [-0.4, -0.2) is 54.1 Å². The van der Waals surface area contributed by atoms with Gasteiger partial charge in [-0.1, -0.05) is 66.7 Å². The largest absolute Gasteiger partial charge is 0.496 e. The molecule has 0 amide bonds. The van der Waals surface area contributed by atoms with E-state index in [0.29, 0.717) is 6.61 Å². The second-order valence-electron chi connectivity index (χ2n) is 12.8. The summed E-state index contributed by atoms with van der Waals surface area (Å²) in [6.07, 6.45) is 7.63. The molecule has 5 nitrogen and oxygen atoms in total. The van der Waals surface area contributed by atoms with E-state index >= 15 is 0 Å². The predicted molar refractivity (Wildman–Crippen MR) is 186 cm³/mol. The highest BCUT2D eigenvalue weighted by atomic mass is 16.5. The second kappa shape index (κ2) is 11.1. The van der Waals surface area contributed by atoms with Crippen molar-refractivity contribution < 1.29 is 14.2 Å². The number of fused-ring (bicyclic) bond motifs is 8. The van der Waals surface area contributed by atoms with Crippen LogP contribution >= 0.6 is 0 Å². The summed E-state index contributed by atoms with van der Waals surface area (Å²) in [5.74, 6) is 1.91. The molecule has 5 aromatic rings. The number of morpholine rings is 1. The van der Waals surface area contributed by atoms with E-state index in [0.717, 1.165) is 62.5 Å². The van der Waals surface area contributed by atoms with Gasteiger partial charge in [-0.15, -0.1) is 0 Å². The van der Waals surface area contributed by atoms with Crippen molar-refractivity contribution >= 4 is 39.0 Å². The first-order chi connectivity index (χ1) is 22.1. The van der Waals surface area contributed by atoms with Gasteiger partial charge in [-0.25, -0.2) is 0 Å². The van der Waals surface area contributed by atoms with Crippen LogP contribution in [0.2, 0.25) is 0 Å². The van der Waals surface area contributed by atoms with Crippen LogP contribution in [0.1, 0.15) is 34.2 Å². The molecule has 1 atom stereocenters. The van der Waals surface area contributed by atoms with Gasteiger partial charge in [0, 0.05) is 54.7 Å². The number of rotatable bonds is 5. The molecule has 8 rings (SSSR count). The van der Waals surface area contributed by atoms with E-state index in [1.54, 1.807) is 7.11 Å². The van der Waals surface area contributed by atoms with Gasteiger partial charge >= 0.3 is 0 Å². The second-order valence-corrected chi connectivity index (χ2v) is 12.8. The molecular weight excluding hydrogens is 556 g/mol. The fourth-order valence-corrected chi connectivity index (χ4v) is 7.91. The van der Waals surface area contributed by atoms with E-state index < -0.39 is 0 Å². The van der Waals surface area contributed by atoms with Crippen molar-refractivity contribution in [3.63, 3.8) is 0 Å². The number of methoxy groups -OCH3 is 1. The van der Waals surface area contributed by atoms with Crippen molar-refractivity contribution in [3.05, 3.63) is 113 Å². The minimum absolute atomic E-state index is 0.299. The van der Waals surface area contributed by atoms with Crippen LogP contribution in [-0.2, 0) is 23.0 Å². The van der Waals surface area contributed by atoms with Crippen molar-refractivity contribution in [3.8, 4) is 11.5 Å². The van der Waals surface area contributed by atoms with Crippen molar-refractivity contribution in [2.45, 2.75) is 24.7 Å². The molecule has 5 aromatic carbocycles. The summed E-state index contributed by atoms with van der Waals surface area (Å²) < 4.78 is 19.0. The smallest absolute Gasteiger partial charge is 0.130 e. The fourth-order valence-electron chi connectivity index (χ4n) is 7.91. The first-order valence-electron chi connectivity index (χ1n) is 16.2. The van der Waals surface area contributed by atoms with Crippen LogP contribution in [0.15, 0.2) is 84.9 Å². The quantitative estimate of drug-likeness (QED) is 0.194. The zero-order valence-electron chi connectivity index (χ0n) is 26.4. The molecule has 1 unspecified atom stereocenters. The number of ether oxygens (including phenoxy) is 3. The van der Waals surface area contributed by atoms with E-state index in [1.165, 1.54) is 55.4 Å². The van der Waals surface area contributed by atoms with Gasteiger partial charge < -0.3 is 24.0 Å². The highest BCUT2D eigenvalue weighted by Crippen LogP contribution is 2.52. The van der Waals surface area contributed by atoms with Gasteiger partial charge in [0.25, 0.3) is 0 Å². The van der Waals surface area contributed by atoms with E-state index in [-0.39, 0.29) is 5.41 Å². The van der Waals surface area contributed by atoms with Gasteiger partial charge in [0.05, 0.1) is 25.7 Å². The van der Waals surface area contributed by atoms with Gasteiger partial charge in [-0.05, 0) is 76.7 Å². The lowest BCUT2D eigenvalue weighted by molar-refractivity contribution is 0.123. The molecular formula is C40H40N2O3. The monoisotopic (exact) mass is 596 g/mol. The van der Waals surface area contributed by atoms with Gasteiger partial charge in [-0.3, -0.25) is 0 Å².